The van der Waals surface area contributed by atoms with Crippen LogP contribution in [0.15, 0.2) is 46.2 Å². The first-order valence-corrected chi connectivity index (χ1v) is 12.6. The highest BCUT2D eigenvalue weighted by Crippen LogP contribution is 2.34. The monoisotopic (exact) mass is 487 g/mol. The SMILES string of the molecule is CCOc1ccc(S(=O)(=O)N(CC)CC)cc1NS(=O)(=O)c1cc([N+](=O)[O-])ccc1OC. The molecule has 0 spiro atoms. The first-order valence-electron chi connectivity index (χ1n) is 9.64. The van der Waals surface area contributed by atoms with Crippen LogP contribution in [-0.4, -0.2) is 52.9 Å². The van der Waals surface area contributed by atoms with Crippen molar-refractivity contribution in [3.63, 3.8) is 0 Å². The molecule has 2 rings (SSSR count). The van der Waals surface area contributed by atoms with E-state index in [0.717, 1.165) is 24.3 Å². The normalized spacial score (nSPS) is 11.9. The third kappa shape index (κ3) is 5.29. The Morgan fingerprint density at radius 2 is 1.62 bits per heavy atom. The summed E-state index contributed by atoms with van der Waals surface area (Å²) < 4.78 is 65.9. The predicted molar refractivity (Wildman–Crippen MR) is 118 cm³/mol. The van der Waals surface area contributed by atoms with Gasteiger partial charge in [0.1, 0.15) is 16.4 Å². The summed E-state index contributed by atoms with van der Waals surface area (Å²) >= 11 is 0. The van der Waals surface area contributed by atoms with Crippen LogP contribution in [0.25, 0.3) is 0 Å². The molecule has 0 aliphatic carbocycles. The van der Waals surface area contributed by atoms with Gasteiger partial charge in [0.05, 0.1) is 29.2 Å². The van der Waals surface area contributed by atoms with Gasteiger partial charge in [-0.05, 0) is 31.2 Å². The van der Waals surface area contributed by atoms with Crippen LogP contribution in [0, 0.1) is 10.1 Å². The van der Waals surface area contributed by atoms with Crippen molar-refractivity contribution in [1.29, 1.82) is 0 Å². The molecule has 0 aliphatic rings. The van der Waals surface area contributed by atoms with Crippen LogP contribution in [0.5, 0.6) is 11.5 Å². The van der Waals surface area contributed by atoms with Crippen molar-refractivity contribution in [2.45, 2.75) is 30.6 Å². The van der Waals surface area contributed by atoms with E-state index in [1.807, 2.05) is 0 Å². The maximum atomic E-state index is 13.1. The van der Waals surface area contributed by atoms with Crippen LogP contribution >= 0.6 is 0 Å². The van der Waals surface area contributed by atoms with Crippen molar-refractivity contribution < 1.29 is 31.2 Å². The summed E-state index contributed by atoms with van der Waals surface area (Å²) in [5.41, 5.74) is -0.581. The van der Waals surface area contributed by atoms with E-state index in [9.17, 15) is 26.9 Å². The fourth-order valence-electron chi connectivity index (χ4n) is 2.93. The number of anilines is 1. The molecule has 1 N–H and O–H groups in total. The minimum absolute atomic E-state index is 0.0963. The van der Waals surface area contributed by atoms with E-state index in [-0.39, 0.29) is 41.8 Å². The number of methoxy groups -OCH3 is 1. The van der Waals surface area contributed by atoms with Crippen LogP contribution in [0.1, 0.15) is 20.8 Å². The zero-order valence-electron chi connectivity index (χ0n) is 18.1. The van der Waals surface area contributed by atoms with Crippen LogP contribution in [0.3, 0.4) is 0 Å². The van der Waals surface area contributed by atoms with Gasteiger partial charge in [-0.3, -0.25) is 14.8 Å². The quantitative estimate of drug-likeness (QED) is 0.376. The third-order valence-corrected chi connectivity index (χ3v) is 7.92. The summed E-state index contributed by atoms with van der Waals surface area (Å²) in [6, 6.07) is 6.96. The van der Waals surface area contributed by atoms with E-state index in [2.05, 4.69) is 4.72 Å². The second-order valence-electron chi connectivity index (χ2n) is 6.38. The number of sulfonamides is 2. The molecule has 2 aromatic rings. The summed E-state index contributed by atoms with van der Waals surface area (Å²) in [6.45, 7) is 5.72. The van der Waals surface area contributed by atoms with Crippen molar-refractivity contribution >= 4 is 31.4 Å². The molecule has 0 unspecified atom stereocenters. The molecule has 176 valence electrons. The van der Waals surface area contributed by atoms with Gasteiger partial charge in [-0.2, -0.15) is 4.31 Å². The van der Waals surface area contributed by atoms with Crippen LogP contribution in [-0.2, 0) is 20.0 Å². The Labute approximate surface area is 187 Å². The number of hydrogen-bond donors (Lipinski definition) is 1. The molecule has 13 heteroatoms. The fourth-order valence-corrected chi connectivity index (χ4v) is 5.67. The smallest absolute Gasteiger partial charge is 0.271 e. The molecule has 11 nitrogen and oxygen atoms in total. The Morgan fingerprint density at radius 3 is 2.16 bits per heavy atom. The zero-order valence-corrected chi connectivity index (χ0v) is 19.7. The molecule has 0 saturated carbocycles. The van der Waals surface area contributed by atoms with Gasteiger partial charge in [0, 0.05) is 25.2 Å². The number of nitro groups is 1. The van der Waals surface area contributed by atoms with Crippen LogP contribution in [0.4, 0.5) is 11.4 Å². The lowest BCUT2D eigenvalue weighted by atomic mass is 10.3. The van der Waals surface area contributed by atoms with Gasteiger partial charge in [0.15, 0.2) is 0 Å². The highest BCUT2D eigenvalue weighted by molar-refractivity contribution is 7.93. The number of hydrogen-bond acceptors (Lipinski definition) is 8. The van der Waals surface area contributed by atoms with Gasteiger partial charge in [-0.1, -0.05) is 13.8 Å². The predicted octanol–water partition coefficient (Wildman–Crippen LogP) is 2.83. The average Bonchev–Trinajstić information content (AvgIpc) is 2.74. The van der Waals surface area contributed by atoms with Crippen LogP contribution in [0.2, 0.25) is 0 Å². The van der Waals surface area contributed by atoms with Crippen molar-refractivity contribution in [1.82, 2.24) is 4.31 Å². The van der Waals surface area contributed by atoms with Gasteiger partial charge in [0.2, 0.25) is 10.0 Å². The van der Waals surface area contributed by atoms with Crippen LogP contribution < -0.4 is 14.2 Å². The van der Waals surface area contributed by atoms with E-state index in [1.54, 1.807) is 20.8 Å². The molecule has 2 aromatic carbocycles. The van der Waals surface area contributed by atoms with Gasteiger partial charge in [-0.15, -0.1) is 0 Å². The summed E-state index contributed by atoms with van der Waals surface area (Å²) in [7, 11) is -7.07. The molecule has 0 heterocycles. The molecule has 0 fully saturated rings. The first kappa shape index (κ1) is 25.4. The Balaban J connectivity index is 2.62. The van der Waals surface area contributed by atoms with Gasteiger partial charge in [-0.25, -0.2) is 16.8 Å². The highest BCUT2D eigenvalue weighted by atomic mass is 32.2. The van der Waals surface area contributed by atoms with E-state index in [1.165, 1.54) is 23.5 Å². The summed E-state index contributed by atoms with van der Waals surface area (Å²) in [5, 5.41) is 11.1. The molecule has 0 aromatic heterocycles. The number of non-ortho nitro benzene ring substituents is 1. The maximum absolute atomic E-state index is 13.1. The summed E-state index contributed by atoms with van der Waals surface area (Å²) in [5.74, 6) is -0.0213. The Kier molecular flexibility index (Phi) is 8.04. The molecular weight excluding hydrogens is 462 g/mol. The van der Waals surface area contributed by atoms with Crippen molar-refractivity contribution in [2.24, 2.45) is 0 Å². The third-order valence-electron chi connectivity index (χ3n) is 4.49. The first-order chi connectivity index (χ1) is 15.0. The topological polar surface area (TPSA) is 145 Å². The summed E-state index contributed by atoms with van der Waals surface area (Å²) in [4.78, 5) is 9.77. The van der Waals surface area contributed by atoms with E-state index in [4.69, 9.17) is 9.47 Å². The number of nitrogens with one attached hydrogen (secondary N) is 1. The second kappa shape index (κ2) is 10.1. The molecule has 0 saturated heterocycles. The standard InChI is InChI=1S/C19H25N3O8S2/c1-5-21(6-2)32(27,28)15-9-11-17(30-7-3)16(13-15)20-31(25,26)19-12-14(22(23)24)8-10-18(19)29-4/h8-13,20H,5-7H2,1-4H3. The second-order valence-corrected chi connectivity index (χ2v) is 9.97. The van der Waals surface area contributed by atoms with E-state index in [0.29, 0.717) is 0 Å². The minimum Gasteiger partial charge on any atom is -0.495 e. The lowest BCUT2D eigenvalue weighted by Gasteiger charge is -2.20. The summed E-state index contributed by atoms with van der Waals surface area (Å²) in [6.07, 6.45) is 0. The number of ether oxygens (including phenoxy) is 2. The van der Waals surface area contributed by atoms with Crippen molar-refractivity contribution in [2.75, 3.05) is 31.5 Å². The largest absolute Gasteiger partial charge is 0.495 e. The number of nitrogens with zero attached hydrogens (tertiary/aromatic N) is 2. The fraction of sp³-hybridized carbons (Fsp3) is 0.368. The number of benzene rings is 2. The molecule has 0 aliphatic heterocycles. The van der Waals surface area contributed by atoms with Gasteiger partial charge < -0.3 is 9.47 Å². The molecule has 0 atom stereocenters. The Hall–Kier alpha value is -2.90. The van der Waals surface area contributed by atoms with Crippen molar-refractivity contribution in [3.05, 3.63) is 46.5 Å². The highest BCUT2D eigenvalue weighted by Gasteiger charge is 2.27. The minimum atomic E-state index is -4.41. The zero-order chi connectivity index (χ0) is 24.1. The van der Waals surface area contributed by atoms with Gasteiger partial charge >= 0.3 is 0 Å². The number of nitro benzene ring substituents is 1. The molecule has 32 heavy (non-hydrogen) atoms. The Bertz CT molecular complexity index is 1190. The molecule has 0 radical (unpaired) electrons. The maximum Gasteiger partial charge on any atom is 0.271 e. The Morgan fingerprint density at radius 1 is 1.00 bits per heavy atom. The molecular formula is C19H25N3O8S2. The lowest BCUT2D eigenvalue weighted by Crippen LogP contribution is -2.30. The average molecular weight is 488 g/mol. The van der Waals surface area contributed by atoms with Crippen molar-refractivity contribution in [3.8, 4) is 11.5 Å². The van der Waals surface area contributed by atoms with E-state index < -0.39 is 35.6 Å². The molecule has 0 bridgehead atoms. The van der Waals surface area contributed by atoms with E-state index >= 15 is 0 Å². The molecule has 0 amide bonds. The van der Waals surface area contributed by atoms with Gasteiger partial charge in [0.25, 0.3) is 15.7 Å². The number of rotatable bonds is 11. The lowest BCUT2D eigenvalue weighted by molar-refractivity contribution is -0.385.